The largest absolute Gasteiger partial charge is 0.462 e. The van der Waals surface area contributed by atoms with Gasteiger partial charge in [0.25, 0.3) is 5.95 Å². The summed E-state index contributed by atoms with van der Waals surface area (Å²) < 4.78 is 10.9. The standard InChI is InChI=1S/C17H17ClN6O3/c1-2-3-8-26-16(25)13-9-11(4-6-14(13)18)15-7-5-12(27-15)10-20-24-17(19)21-22-23-24/h4-7,9-10H,2-3,8H2,1H3,(H2,19,21,23)/b20-10+. The van der Waals surface area contributed by atoms with E-state index < -0.39 is 5.97 Å². The fourth-order valence-electron chi connectivity index (χ4n) is 2.18. The van der Waals surface area contributed by atoms with Crippen molar-refractivity contribution in [2.24, 2.45) is 5.10 Å². The number of nitrogens with zero attached hydrogens (tertiary/aromatic N) is 5. The van der Waals surface area contributed by atoms with E-state index >= 15 is 0 Å². The second-order valence-electron chi connectivity index (χ2n) is 5.56. The number of halogens is 1. The van der Waals surface area contributed by atoms with E-state index in [2.05, 4.69) is 20.6 Å². The zero-order valence-electron chi connectivity index (χ0n) is 14.5. The number of unbranched alkanes of at least 4 members (excludes halogenated alkanes) is 1. The van der Waals surface area contributed by atoms with Crippen molar-refractivity contribution in [1.29, 1.82) is 0 Å². The molecule has 2 aromatic heterocycles. The van der Waals surface area contributed by atoms with Crippen LogP contribution in [0.4, 0.5) is 5.95 Å². The topological polar surface area (TPSA) is 121 Å². The predicted octanol–water partition coefficient (Wildman–Crippen LogP) is 3.01. The van der Waals surface area contributed by atoms with Crippen LogP contribution in [0.2, 0.25) is 5.02 Å². The molecule has 2 N–H and O–H groups in total. The van der Waals surface area contributed by atoms with Gasteiger partial charge in [-0.25, -0.2) is 4.79 Å². The molecule has 3 rings (SSSR count). The van der Waals surface area contributed by atoms with Crippen LogP contribution in [0.25, 0.3) is 11.3 Å². The van der Waals surface area contributed by atoms with Crippen LogP contribution in [0.5, 0.6) is 0 Å². The van der Waals surface area contributed by atoms with E-state index in [9.17, 15) is 4.79 Å². The van der Waals surface area contributed by atoms with E-state index in [0.29, 0.717) is 34.3 Å². The molecule has 0 fully saturated rings. The summed E-state index contributed by atoms with van der Waals surface area (Å²) in [5.74, 6) is 0.599. The van der Waals surface area contributed by atoms with Crippen LogP contribution in [0.1, 0.15) is 35.9 Å². The van der Waals surface area contributed by atoms with Crippen molar-refractivity contribution in [2.45, 2.75) is 19.8 Å². The third kappa shape index (κ3) is 4.50. The number of benzene rings is 1. The van der Waals surface area contributed by atoms with E-state index in [0.717, 1.165) is 17.6 Å². The van der Waals surface area contributed by atoms with Gasteiger partial charge in [0.05, 0.1) is 23.4 Å². The summed E-state index contributed by atoms with van der Waals surface area (Å²) in [5.41, 5.74) is 6.50. The van der Waals surface area contributed by atoms with Gasteiger partial charge in [0, 0.05) is 5.56 Å². The molecule has 0 bridgehead atoms. The van der Waals surface area contributed by atoms with Gasteiger partial charge in [0.2, 0.25) is 0 Å². The first-order valence-corrected chi connectivity index (χ1v) is 8.61. The Hall–Kier alpha value is -3.20. The second-order valence-corrected chi connectivity index (χ2v) is 5.96. The lowest BCUT2D eigenvalue weighted by Crippen LogP contribution is -2.07. The summed E-state index contributed by atoms with van der Waals surface area (Å²) in [6.07, 6.45) is 3.16. The third-order valence-electron chi connectivity index (χ3n) is 3.60. The molecule has 27 heavy (non-hydrogen) atoms. The van der Waals surface area contributed by atoms with E-state index in [4.69, 9.17) is 26.5 Å². The number of carbonyl (C=O) groups is 1. The van der Waals surface area contributed by atoms with E-state index in [-0.39, 0.29) is 5.95 Å². The summed E-state index contributed by atoms with van der Waals surface area (Å²) in [6, 6.07) is 8.48. The first kappa shape index (κ1) is 18.6. The van der Waals surface area contributed by atoms with E-state index in [1.807, 2.05) is 6.92 Å². The Balaban J connectivity index is 1.78. The number of carbonyl (C=O) groups excluding carboxylic acids is 1. The number of nitrogen functional groups attached to an aromatic ring is 1. The molecule has 0 spiro atoms. The van der Waals surface area contributed by atoms with E-state index in [1.165, 1.54) is 6.21 Å². The molecule has 1 aromatic carbocycles. The molecule has 0 aliphatic heterocycles. The van der Waals surface area contributed by atoms with Crippen LogP contribution in [0, 0.1) is 0 Å². The first-order valence-electron chi connectivity index (χ1n) is 8.23. The third-order valence-corrected chi connectivity index (χ3v) is 3.93. The van der Waals surface area contributed by atoms with Crippen molar-refractivity contribution in [3.05, 3.63) is 46.7 Å². The fraction of sp³-hybridized carbons (Fsp3) is 0.235. The molecule has 0 amide bonds. The Morgan fingerprint density at radius 3 is 3.00 bits per heavy atom. The maximum absolute atomic E-state index is 12.2. The summed E-state index contributed by atoms with van der Waals surface area (Å²) in [4.78, 5) is 13.3. The number of tetrazole rings is 1. The SMILES string of the molecule is CCCCOC(=O)c1cc(-c2ccc(/C=N/n3nnnc3N)o2)ccc1Cl. The monoisotopic (exact) mass is 388 g/mol. The van der Waals surface area contributed by atoms with E-state index in [1.54, 1.807) is 30.3 Å². The average molecular weight is 389 g/mol. The molecule has 0 atom stereocenters. The highest BCUT2D eigenvalue weighted by Gasteiger charge is 2.14. The molecule has 0 saturated carbocycles. The second kappa shape index (κ2) is 8.45. The zero-order valence-corrected chi connectivity index (χ0v) is 15.3. The number of nitrogens with two attached hydrogens (primary N) is 1. The van der Waals surface area contributed by atoms with Gasteiger partial charge in [-0.3, -0.25) is 0 Å². The minimum Gasteiger partial charge on any atom is -0.462 e. The fourth-order valence-corrected chi connectivity index (χ4v) is 2.38. The molecule has 0 unspecified atom stereocenters. The summed E-state index contributed by atoms with van der Waals surface area (Å²) in [6.45, 7) is 2.38. The Kier molecular flexibility index (Phi) is 5.82. The highest BCUT2D eigenvalue weighted by molar-refractivity contribution is 6.33. The highest BCUT2D eigenvalue weighted by Crippen LogP contribution is 2.27. The lowest BCUT2D eigenvalue weighted by Gasteiger charge is -2.07. The van der Waals surface area contributed by atoms with Crippen LogP contribution in [-0.4, -0.2) is 39.1 Å². The van der Waals surface area contributed by atoms with Crippen molar-refractivity contribution in [1.82, 2.24) is 20.3 Å². The Bertz CT molecular complexity index is 965. The normalized spacial score (nSPS) is 11.2. The number of hydrogen-bond acceptors (Lipinski definition) is 8. The number of aromatic nitrogens is 4. The van der Waals surface area contributed by atoms with Gasteiger partial charge in [-0.15, -0.1) is 0 Å². The van der Waals surface area contributed by atoms with Gasteiger partial charge in [-0.2, -0.15) is 5.10 Å². The lowest BCUT2D eigenvalue weighted by atomic mass is 10.1. The minimum atomic E-state index is -0.460. The summed E-state index contributed by atoms with van der Waals surface area (Å²) >= 11 is 6.13. The predicted molar refractivity (Wildman–Crippen MR) is 99.6 cm³/mol. The molecule has 0 aliphatic carbocycles. The van der Waals surface area contributed by atoms with Gasteiger partial charge in [-0.1, -0.05) is 34.8 Å². The van der Waals surface area contributed by atoms with Crippen molar-refractivity contribution in [3.63, 3.8) is 0 Å². The first-order chi connectivity index (χ1) is 13.1. The zero-order chi connectivity index (χ0) is 19.2. The molecule has 10 heteroatoms. The molecule has 140 valence electrons. The Morgan fingerprint density at radius 2 is 2.26 bits per heavy atom. The van der Waals surface area contributed by atoms with Crippen LogP contribution >= 0.6 is 11.6 Å². The Labute approximate surface area is 159 Å². The maximum atomic E-state index is 12.2. The Morgan fingerprint density at radius 1 is 1.41 bits per heavy atom. The maximum Gasteiger partial charge on any atom is 0.339 e. The van der Waals surface area contributed by atoms with Crippen LogP contribution in [-0.2, 0) is 4.74 Å². The number of furan rings is 1. The molecule has 0 aliphatic rings. The minimum absolute atomic E-state index is 0.0574. The molecule has 9 nitrogen and oxygen atoms in total. The number of anilines is 1. The smallest absolute Gasteiger partial charge is 0.339 e. The molecular weight excluding hydrogens is 372 g/mol. The van der Waals surface area contributed by atoms with Gasteiger partial charge >= 0.3 is 5.97 Å². The van der Waals surface area contributed by atoms with Crippen LogP contribution < -0.4 is 5.73 Å². The van der Waals surface area contributed by atoms with Gasteiger partial charge in [0.1, 0.15) is 11.5 Å². The molecule has 3 aromatic rings. The molecule has 0 radical (unpaired) electrons. The van der Waals surface area contributed by atoms with Crippen molar-refractivity contribution < 1.29 is 13.9 Å². The van der Waals surface area contributed by atoms with Gasteiger partial charge in [0.15, 0.2) is 0 Å². The lowest BCUT2D eigenvalue weighted by molar-refractivity contribution is 0.0500. The quantitative estimate of drug-likeness (QED) is 0.375. The number of ether oxygens (including phenoxy) is 1. The summed E-state index contributed by atoms with van der Waals surface area (Å²) in [5, 5.41) is 14.8. The molecule has 2 heterocycles. The highest BCUT2D eigenvalue weighted by atomic mass is 35.5. The van der Waals surface area contributed by atoms with Gasteiger partial charge < -0.3 is 14.9 Å². The van der Waals surface area contributed by atoms with Crippen molar-refractivity contribution >= 4 is 29.7 Å². The average Bonchev–Trinajstić information content (AvgIpc) is 3.29. The molecular formula is C17H17ClN6O3. The van der Waals surface area contributed by atoms with Gasteiger partial charge in [-0.05, 0) is 47.2 Å². The number of esters is 1. The van der Waals surface area contributed by atoms with Crippen LogP contribution in [0.15, 0.2) is 39.9 Å². The van der Waals surface area contributed by atoms with Crippen LogP contribution in [0.3, 0.4) is 0 Å². The number of rotatable bonds is 7. The molecule has 0 saturated heterocycles. The van der Waals surface area contributed by atoms with Crippen molar-refractivity contribution in [2.75, 3.05) is 12.3 Å². The van der Waals surface area contributed by atoms with Crippen molar-refractivity contribution in [3.8, 4) is 11.3 Å². The summed E-state index contributed by atoms with van der Waals surface area (Å²) in [7, 11) is 0. The number of hydrogen-bond donors (Lipinski definition) is 1.